The van der Waals surface area contributed by atoms with Gasteiger partial charge in [-0.25, -0.2) is 0 Å². The molecule has 2 heterocycles. The number of ketones is 1. The van der Waals surface area contributed by atoms with Crippen molar-refractivity contribution in [3.05, 3.63) is 40.2 Å². The number of aryl methyl sites for hydroxylation is 2. The third-order valence-corrected chi connectivity index (χ3v) is 4.72. The number of nitrogens with two attached hydrogens (primary N) is 1. The summed E-state index contributed by atoms with van der Waals surface area (Å²) in [6.45, 7) is 8.64. The Morgan fingerprint density at radius 2 is 2.21 bits per heavy atom. The summed E-state index contributed by atoms with van der Waals surface area (Å²) in [6, 6.07) is 2.15. The van der Waals surface area contributed by atoms with Gasteiger partial charge in [-0.15, -0.1) is 0 Å². The summed E-state index contributed by atoms with van der Waals surface area (Å²) in [4.78, 5) is 12.9. The lowest BCUT2D eigenvalue weighted by atomic mass is 9.70. The van der Waals surface area contributed by atoms with Gasteiger partial charge in [0.05, 0.1) is 17.8 Å². The van der Waals surface area contributed by atoms with Crippen LogP contribution in [0.1, 0.15) is 50.8 Å². The molecule has 0 fully saturated rings. The van der Waals surface area contributed by atoms with Crippen molar-refractivity contribution in [2.75, 3.05) is 0 Å². The van der Waals surface area contributed by atoms with E-state index in [0.29, 0.717) is 36.3 Å². The van der Waals surface area contributed by atoms with Crippen LogP contribution in [0.4, 0.5) is 0 Å². The Hall–Kier alpha value is -2.55. The van der Waals surface area contributed by atoms with E-state index < -0.39 is 5.92 Å². The standard InChI is InChI=1S/C18H22N4O2/c1-5-22-16(10(2)9-21-22)14-11(8-19)17(20)24-13-7-18(3,4)6-12(23)15(13)14/h9,14H,5-7,20H2,1-4H3/t14-/m0/s1. The molecule has 2 N–H and O–H groups in total. The van der Waals surface area contributed by atoms with Crippen molar-refractivity contribution >= 4 is 5.78 Å². The highest BCUT2D eigenvalue weighted by Gasteiger charge is 2.44. The summed E-state index contributed by atoms with van der Waals surface area (Å²) >= 11 is 0. The Kier molecular flexibility index (Phi) is 3.75. The maximum atomic E-state index is 12.9. The topological polar surface area (TPSA) is 93.9 Å². The molecular formula is C18H22N4O2. The van der Waals surface area contributed by atoms with E-state index in [4.69, 9.17) is 10.5 Å². The SMILES string of the molecule is CCn1ncc(C)c1[C@H]1C(C#N)=C(N)OC2=C1C(=O)CC(C)(C)C2. The van der Waals surface area contributed by atoms with Gasteiger partial charge in [-0.3, -0.25) is 9.48 Å². The molecule has 1 aliphatic carbocycles. The lowest BCUT2D eigenvalue weighted by Crippen LogP contribution is -2.34. The minimum atomic E-state index is -0.496. The highest BCUT2D eigenvalue weighted by Crippen LogP contribution is 2.48. The fraction of sp³-hybridized carbons (Fsp3) is 0.500. The van der Waals surface area contributed by atoms with E-state index in [9.17, 15) is 10.1 Å². The normalized spacial score (nSPS) is 23.0. The third kappa shape index (κ3) is 2.41. The molecule has 3 rings (SSSR count). The zero-order valence-electron chi connectivity index (χ0n) is 14.5. The van der Waals surface area contributed by atoms with Crippen LogP contribution in [0.3, 0.4) is 0 Å². The highest BCUT2D eigenvalue weighted by molar-refractivity contribution is 6.00. The number of carbonyl (C=O) groups excluding carboxylic acids is 1. The molecule has 1 aliphatic heterocycles. The smallest absolute Gasteiger partial charge is 0.205 e. The third-order valence-electron chi connectivity index (χ3n) is 4.72. The number of nitrogens with zero attached hydrogens (tertiary/aromatic N) is 3. The van der Waals surface area contributed by atoms with Crippen molar-refractivity contribution in [2.45, 2.75) is 53.0 Å². The zero-order chi connectivity index (χ0) is 17.6. The van der Waals surface area contributed by atoms with Crippen LogP contribution >= 0.6 is 0 Å². The maximum Gasteiger partial charge on any atom is 0.205 e. The Bertz CT molecular complexity index is 821. The van der Waals surface area contributed by atoms with E-state index in [1.807, 2.05) is 32.4 Å². The van der Waals surface area contributed by atoms with Gasteiger partial charge >= 0.3 is 0 Å². The second-order valence-electron chi connectivity index (χ2n) is 7.23. The monoisotopic (exact) mass is 326 g/mol. The number of hydrogen-bond donors (Lipinski definition) is 1. The summed E-state index contributed by atoms with van der Waals surface area (Å²) in [5.74, 6) is 0.218. The molecule has 24 heavy (non-hydrogen) atoms. The zero-order valence-corrected chi connectivity index (χ0v) is 14.5. The summed E-state index contributed by atoms with van der Waals surface area (Å²) in [7, 11) is 0. The average molecular weight is 326 g/mol. The van der Waals surface area contributed by atoms with E-state index in [1.165, 1.54) is 0 Å². The molecule has 0 unspecified atom stereocenters. The van der Waals surface area contributed by atoms with E-state index in [-0.39, 0.29) is 17.1 Å². The molecule has 0 amide bonds. The van der Waals surface area contributed by atoms with Crippen molar-refractivity contribution in [2.24, 2.45) is 11.1 Å². The van der Waals surface area contributed by atoms with Crippen LogP contribution in [0, 0.1) is 23.7 Å². The summed E-state index contributed by atoms with van der Waals surface area (Å²) in [5.41, 5.74) is 8.50. The van der Waals surface area contributed by atoms with Gasteiger partial charge in [0.1, 0.15) is 17.4 Å². The van der Waals surface area contributed by atoms with Crippen LogP contribution in [0.5, 0.6) is 0 Å². The summed E-state index contributed by atoms with van der Waals surface area (Å²) in [5, 5.41) is 14.0. The van der Waals surface area contributed by atoms with Crippen molar-refractivity contribution in [1.29, 1.82) is 5.26 Å². The first kappa shape index (κ1) is 16.3. The van der Waals surface area contributed by atoms with Crippen LogP contribution < -0.4 is 5.73 Å². The van der Waals surface area contributed by atoms with Crippen molar-refractivity contribution in [1.82, 2.24) is 9.78 Å². The second-order valence-corrected chi connectivity index (χ2v) is 7.23. The molecule has 0 radical (unpaired) electrons. The molecule has 0 aromatic carbocycles. The molecule has 126 valence electrons. The Labute approximate surface area is 141 Å². The van der Waals surface area contributed by atoms with Gasteiger partial charge in [0, 0.05) is 25.0 Å². The lowest BCUT2D eigenvalue weighted by Gasteiger charge is -2.37. The fourth-order valence-corrected chi connectivity index (χ4v) is 3.68. The van der Waals surface area contributed by atoms with E-state index in [0.717, 1.165) is 11.3 Å². The first-order valence-electron chi connectivity index (χ1n) is 8.15. The molecule has 0 bridgehead atoms. The van der Waals surface area contributed by atoms with Gasteiger partial charge in [-0.05, 0) is 24.8 Å². The van der Waals surface area contributed by atoms with Crippen LogP contribution in [0.15, 0.2) is 29.0 Å². The molecule has 2 aliphatic rings. The van der Waals surface area contributed by atoms with Crippen molar-refractivity contribution in [3.63, 3.8) is 0 Å². The molecule has 1 atom stereocenters. The molecule has 6 heteroatoms. The van der Waals surface area contributed by atoms with Gasteiger partial charge in [0.2, 0.25) is 5.88 Å². The van der Waals surface area contributed by atoms with Crippen molar-refractivity contribution in [3.8, 4) is 6.07 Å². The Morgan fingerprint density at radius 1 is 1.50 bits per heavy atom. The number of aromatic nitrogens is 2. The maximum absolute atomic E-state index is 12.9. The van der Waals surface area contributed by atoms with Crippen LogP contribution in [-0.2, 0) is 16.1 Å². The fourth-order valence-electron chi connectivity index (χ4n) is 3.68. The first-order chi connectivity index (χ1) is 11.3. The summed E-state index contributed by atoms with van der Waals surface area (Å²) < 4.78 is 7.53. The number of rotatable bonds is 2. The summed E-state index contributed by atoms with van der Waals surface area (Å²) in [6.07, 6.45) is 2.82. The quantitative estimate of drug-likeness (QED) is 0.901. The number of allylic oxidation sites excluding steroid dienone is 3. The van der Waals surface area contributed by atoms with Crippen LogP contribution in [0.2, 0.25) is 0 Å². The van der Waals surface area contributed by atoms with E-state index in [2.05, 4.69) is 11.2 Å². The molecule has 0 spiro atoms. The van der Waals surface area contributed by atoms with Gasteiger partial charge in [-0.1, -0.05) is 13.8 Å². The molecule has 1 aromatic rings. The van der Waals surface area contributed by atoms with Crippen LogP contribution in [0.25, 0.3) is 0 Å². The van der Waals surface area contributed by atoms with Crippen LogP contribution in [-0.4, -0.2) is 15.6 Å². The average Bonchev–Trinajstić information content (AvgIpc) is 2.85. The van der Waals surface area contributed by atoms with Gasteiger partial charge in [-0.2, -0.15) is 10.4 Å². The minimum Gasteiger partial charge on any atom is -0.444 e. The predicted molar refractivity (Wildman–Crippen MR) is 88.3 cm³/mol. The lowest BCUT2D eigenvalue weighted by molar-refractivity contribution is -0.119. The number of nitriles is 1. The predicted octanol–water partition coefficient (Wildman–Crippen LogP) is 2.66. The minimum absolute atomic E-state index is 0.0229. The molecule has 0 saturated carbocycles. The van der Waals surface area contributed by atoms with Gasteiger partial charge in [0.15, 0.2) is 5.78 Å². The highest BCUT2D eigenvalue weighted by atomic mass is 16.5. The Balaban J connectivity index is 2.25. The first-order valence-corrected chi connectivity index (χ1v) is 8.15. The van der Waals surface area contributed by atoms with E-state index >= 15 is 0 Å². The second kappa shape index (κ2) is 5.52. The van der Waals surface area contributed by atoms with Gasteiger partial charge in [0.25, 0.3) is 0 Å². The number of Topliss-reactive ketones (excluding diaryl/α,β-unsaturated/α-hetero) is 1. The molecule has 1 aromatic heterocycles. The number of ether oxygens (including phenoxy) is 1. The van der Waals surface area contributed by atoms with Gasteiger partial charge < -0.3 is 10.5 Å². The molecular weight excluding hydrogens is 304 g/mol. The number of hydrogen-bond acceptors (Lipinski definition) is 5. The number of carbonyl (C=O) groups is 1. The molecule has 6 nitrogen and oxygen atoms in total. The Morgan fingerprint density at radius 3 is 2.83 bits per heavy atom. The van der Waals surface area contributed by atoms with E-state index in [1.54, 1.807) is 6.20 Å². The largest absolute Gasteiger partial charge is 0.444 e. The van der Waals surface area contributed by atoms with Crippen molar-refractivity contribution < 1.29 is 9.53 Å². The molecule has 0 saturated heterocycles.